The van der Waals surface area contributed by atoms with E-state index in [1.54, 1.807) is 6.20 Å². The average molecular weight is 331 g/mol. The molecule has 3 saturated heterocycles. The van der Waals surface area contributed by atoms with Crippen LogP contribution in [0.3, 0.4) is 0 Å². The van der Waals surface area contributed by atoms with E-state index in [-0.39, 0.29) is 23.9 Å². The standard InChI is InChI=1S/C18H25N3O3/c22-17-4-3-15-16(21(17)12-13-6-10-24-11-7-13)5-9-20(15)18(23)14-2-1-8-19-14/h1-2,8,13,15-16,19H,3-7,9-12H2/t15-,16-/m1/s1. The predicted octanol–water partition coefficient (Wildman–Crippen LogP) is 1.65. The smallest absolute Gasteiger partial charge is 0.270 e. The highest BCUT2D eigenvalue weighted by molar-refractivity contribution is 5.93. The first-order valence-electron chi connectivity index (χ1n) is 9.05. The molecule has 1 aromatic rings. The van der Waals surface area contributed by atoms with Crippen molar-refractivity contribution in [1.29, 1.82) is 0 Å². The fourth-order valence-corrected chi connectivity index (χ4v) is 4.46. The Morgan fingerprint density at radius 2 is 2.04 bits per heavy atom. The number of likely N-dealkylation sites (tertiary alicyclic amines) is 2. The third kappa shape index (κ3) is 2.83. The molecule has 0 aliphatic carbocycles. The van der Waals surface area contributed by atoms with Crippen LogP contribution in [0.4, 0.5) is 0 Å². The molecule has 0 bridgehead atoms. The van der Waals surface area contributed by atoms with Crippen LogP contribution < -0.4 is 0 Å². The van der Waals surface area contributed by atoms with Crippen LogP contribution in [0.1, 0.15) is 42.6 Å². The fourth-order valence-electron chi connectivity index (χ4n) is 4.46. The molecule has 0 saturated carbocycles. The third-order valence-corrected chi connectivity index (χ3v) is 5.77. The predicted molar refractivity (Wildman–Crippen MR) is 88.5 cm³/mol. The second-order valence-corrected chi connectivity index (χ2v) is 7.15. The molecule has 2 amide bonds. The van der Waals surface area contributed by atoms with Crippen molar-refractivity contribution in [3.63, 3.8) is 0 Å². The molecular weight excluding hydrogens is 306 g/mol. The number of rotatable bonds is 3. The van der Waals surface area contributed by atoms with Crippen LogP contribution >= 0.6 is 0 Å². The van der Waals surface area contributed by atoms with E-state index in [2.05, 4.69) is 9.88 Å². The zero-order valence-electron chi connectivity index (χ0n) is 13.9. The van der Waals surface area contributed by atoms with E-state index in [4.69, 9.17) is 4.74 Å². The van der Waals surface area contributed by atoms with Crippen molar-refractivity contribution in [3.8, 4) is 0 Å². The number of fused-ring (bicyclic) bond motifs is 1. The molecule has 0 unspecified atom stereocenters. The molecule has 1 N–H and O–H groups in total. The SMILES string of the molecule is O=C1CC[C@@H]2[C@@H](CCN2C(=O)c2ccc[nH]2)N1CC1CCOCC1. The minimum absolute atomic E-state index is 0.0628. The van der Waals surface area contributed by atoms with Crippen molar-refractivity contribution in [2.75, 3.05) is 26.3 Å². The van der Waals surface area contributed by atoms with Gasteiger partial charge in [0.25, 0.3) is 5.91 Å². The summed E-state index contributed by atoms with van der Waals surface area (Å²) in [6.45, 7) is 3.18. The van der Waals surface area contributed by atoms with Crippen LogP contribution in [0.25, 0.3) is 0 Å². The van der Waals surface area contributed by atoms with Gasteiger partial charge in [0.1, 0.15) is 5.69 Å². The first-order valence-corrected chi connectivity index (χ1v) is 9.05. The molecule has 24 heavy (non-hydrogen) atoms. The quantitative estimate of drug-likeness (QED) is 0.916. The number of aromatic nitrogens is 1. The first-order chi connectivity index (χ1) is 11.7. The van der Waals surface area contributed by atoms with Crippen molar-refractivity contribution in [2.45, 2.75) is 44.2 Å². The van der Waals surface area contributed by atoms with Gasteiger partial charge in [0.15, 0.2) is 0 Å². The van der Waals surface area contributed by atoms with Crippen LogP contribution in [-0.2, 0) is 9.53 Å². The summed E-state index contributed by atoms with van der Waals surface area (Å²) in [5, 5.41) is 0. The molecule has 4 rings (SSSR count). The highest BCUT2D eigenvalue weighted by atomic mass is 16.5. The van der Waals surface area contributed by atoms with Gasteiger partial charge in [-0.15, -0.1) is 0 Å². The van der Waals surface area contributed by atoms with E-state index in [0.717, 1.165) is 52.0 Å². The van der Waals surface area contributed by atoms with Crippen molar-refractivity contribution >= 4 is 11.8 Å². The third-order valence-electron chi connectivity index (χ3n) is 5.77. The Labute approximate surface area is 142 Å². The number of nitrogens with zero attached hydrogens (tertiary/aromatic N) is 2. The molecular formula is C18H25N3O3. The van der Waals surface area contributed by atoms with Crippen molar-refractivity contribution in [3.05, 3.63) is 24.0 Å². The Morgan fingerprint density at radius 1 is 1.21 bits per heavy atom. The lowest BCUT2D eigenvalue weighted by Crippen LogP contribution is -2.54. The van der Waals surface area contributed by atoms with Crippen LogP contribution in [0.5, 0.6) is 0 Å². The molecule has 4 heterocycles. The van der Waals surface area contributed by atoms with E-state index in [0.29, 0.717) is 18.0 Å². The number of piperidine rings is 1. The van der Waals surface area contributed by atoms with Gasteiger partial charge < -0.3 is 19.5 Å². The lowest BCUT2D eigenvalue weighted by atomic mass is 9.92. The van der Waals surface area contributed by atoms with E-state index in [9.17, 15) is 9.59 Å². The van der Waals surface area contributed by atoms with Crippen molar-refractivity contribution in [1.82, 2.24) is 14.8 Å². The minimum atomic E-state index is 0.0628. The van der Waals surface area contributed by atoms with Crippen LogP contribution in [-0.4, -0.2) is 65.0 Å². The average Bonchev–Trinajstić information content (AvgIpc) is 3.27. The lowest BCUT2D eigenvalue weighted by molar-refractivity contribution is -0.138. The number of amides is 2. The topological polar surface area (TPSA) is 65.6 Å². The van der Waals surface area contributed by atoms with E-state index in [1.165, 1.54) is 0 Å². The van der Waals surface area contributed by atoms with Crippen molar-refractivity contribution < 1.29 is 14.3 Å². The van der Waals surface area contributed by atoms with E-state index >= 15 is 0 Å². The van der Waals surface area contributed by atoms with Gasteiger partial charge in [0, 0.05) is 38.9 Å². The maximum atomic E-state index is 12.7. The number of hydrogen-bond donors (Lipinski definition) is 1. The van der Waals surface area contributed by atoms with Crippen LogP contribution in [0, 0.1) is 5.92 Å². The van der Waals surface area contributed by atoms with Gasteiger partial charge >= 0.3 is 0 Å². The summed E-state index contributed by atoms with van der Waals surface area (Å²) in [5.41, 5.74) is 0.642. The highest BCUT2D eigenvalue weighted by Crippen LogP contribution is 2.33. The summed E-state index contributed by atoms with van der Waals surface area (Å²) in [5.74, 6) is 0.861. The monoisotopic (exact) mass is 331 g/mol. The largest absolute Gasteiger partial charge is 0.381 e. The molecule has 6 nitrogen and oxygen atoms in total. The molecule has 0 spiro atoms. The maximum absolute atomic E-state index is 12.7. The summed E-state index contributed by atoms with van der Waals surface area (Å²) >= 11 is 0. The van der Waals surface area contributed by atoms with Gasteiger partial charge in [-0.1, -0.05) is 0 Å². The summed E-state index contributed by atoms with van der Waals surface area (Å²) in [6.07, 6.45) is 6.09. The van der Waals surface area contributed by atoms with Gasteiger partial charge in [-0.2, -0.15) is 0 Å². The molecule has 3 aliphatic heterocycles. The minimum Gasteiger partial charge on any atom is -0.381 e. The number of hydrogen-bond acceptors (Lipinski definition) is 3. The second kappa shape index (κ2) is 6.59. The van der Waals surface area contributed by atoms with Gasteiger partial charge in [-0.3, -0.25) is 9.59 Å². The zero-order chi connectivity index (χ0) is 16.5. The van der Waals surface area contributed by atoms with E-state index in [1.807, 2.05) is 17.0 Å². The molecule has 0 radical (unpaired) electrons. The molecule has 3 fully saturated rings. The molecule has 3 aliphatic rings. The van der Waals surface area contributed by atoms with Gasteiger partial charge in [0.05, 0.1) is 12.1 Å². The number of H-pyrrole nitrogens is 1. The Balaban J connectivity index is 1.47. The van der Waals surface area contributed by atoms with Gasteiger partial charge in [-0.05, 0) is 43.7 Å². The van der Waals surface area contributed by atoms with E-state index < -0.39 is 0 Å². The summed E-state index contributed by atoms with van der Waals surface area (Å²) < 4.78 is 5.43. The highest BCUT2D eigenvalue weighted by Gasteiger charge is 2.45. The first kappa shape index (κ1) is 15.7. The molecule has 0 aromatic carbocycles. The van der Waals surface area contributed by atoms with Crippen LogP contribution in [0.2, 0.25) is 0 Å². The number of ether oxygens (including phenoxy) is 1. The number of carbonyl (C=O) groups is 2. The van der Waals surface area contributed by atoms with Gasteiger partial charge in [0.2, 0.25) is 5.91 Å². The fraction of sp³-hybridized carbons (Fsp3) is 0.667. The lowest BCUT2D eigenvalue weighted by Gasteiger charge is -2.41. The molecule has 130 valence electrons. The van der Waals surface area contributed by atoms with Gasteiger partial charge in [-0.25, -0.2) is 0 Å². The Bertz CT molecular complexity index is 595. The zero-order valence-corrected chi connectivity index (χ0v) is 13.9. The summed E-state index contributed by atoms with van der Waals surface area (Å²) in [7, 11) is 0. The normalized spacial score (nSPS) is 28.2. The summed E-state index contributed by atoms with van der Waals surface area (Å²) in [6, 6.07) is 4.03. The number of nitrogens with one attached hydrogen (secondary N) is 1. The maximum Gasteiger partial charge on any atom is 0.270 e. The van der Waals surface area contributed by atoms with Crippen LogP contribution in [0.15, 0.2) is 18.3 Å². The molecule has 2 atom stereocenters. The Kier molecular flexibility index (Phi) is 4.31. The number of carbonyl (C=O) groups excluding carboxylic acids is 2. The number of aromatic amines is 1. The Hall–Kier alpha value is -1.82. The molecule has 1 aromatic heterocycles. The van der Waals surface area contributed by atoms with Crippen molar-refractivity contribution in [2.24, 2.45) is 5.92 Å². The molecule has 6 heteroatoms. The second-order valence-electron chi connectivity index (χ2n) is 7.15. The summed E-state index contributed by atoms with van der Waals surface area (Å²) in [4.78, 5) is 32.3. The Morgan fingerprint density at radius 3 is 2.79 bits per heavy atom.